The summed E-state index contributed by atoms with van der Waals surface area (Å²) in [4.78, 5) is 21.0. The Kier molecular flexibility index (Phi) is 5.94. The van der Waals surface area contributed by atoms with Gasteiger partial charge >= 0.3 is 6.11 Å². The molecule has 2 saturated heterocycles. The predicted octanol–water partition coefficient (Wildman–Crippen LogP) is 4.55. The van der Waals surface area contributed by atoms with E-state index in [4.69, 9.17) is 9.72 Å². The Labute approximate surface area is 214 Å². The van der Waals surface area contributed by atoms with Crippen molar-refractivity contribution in [1.82, 2.24) is 20.1 Å². The topological polar surface area (TPSA) is 83.5 Å². The molecule has 6 rings (SSSR count). The molecule has 1 aromatic carbocycles. The van der Waals surface area contributed by atoms with E-state index in [1.807, 2.05) is 31.0 Å². The molecular weight excluding hydrogens is 478 g/mol. The maximum Gasteiger partial charge on any atom is 0.383 e. The van der Waals surface area contributed by atoms with E-state index in [1.54, 1.807) is 6.07 Å². The summed E-state index contributed by atoms with van der Waals surface area (Å²) < 4.78 is 34.1. The zero-order valence-corrected chi connectivity index (χ0v) is 21.0. The number of alkyl halides is 2. The molecule has 1 amide bonds. The first-order valence-electron chi connectivity index (χ1n) is 12.9. The molecule has 194 valence electrons. The Hall–Kier alpha value is -3.40. The Balaban J connectivity index is 1.26. The number of amides is 1. The van der Waals surface area contributed by atoms with Crippen molar-refractivity contribution < 1.29 is 18.3 Å². The zero-order chi connectivity index (χ0) is 25.7. The second kappa shape index (κ2) is 9.16. The van der Waals surface area contributed by atoms with E-state index in [0.717, 1.165) is 36.1 Å². The molecule has 1 aliphatic carbocycles. The van der Waals surface area contributed by atoms with Crippen molar-refractivity contribution >= 4 is 28.3 Å². The van der Waals surface area contributed by atoms with Crippen LogP contribution < -0.4 is 10.2 Å². The van der Waals surface area contributed by atoms with E-state index in [1.165, 1.54) is 12.1 Å². The maximum atomic E-state index is 14.6. The van der Waals surface area contributed by atoms with Crippen molar-refractivity contribution in [2.24, 2.45) is 0 Å². The first-order valence-corrected chi connectivity index (χ1v) is 12.9. The number of carbonyl (C=O) groups excluding carboxylic acids is 1. The van der Waals surface area contributed by atoms with Crippen LogP contribution in [0, 0.1) is 6.92 Å². The third kappa shape index (κ3) is 4.70. The molecule has 10 heteroatoms. The minimum Gasteiger partial charge on any atom is -0.366 e. The molecule has 4 heterocycles. The van der Waals surface area contributed by atoms with Gasteiger partial charge in [-0.05, 0) is 50.8 Å². The van der Waals surface area contributed by atoms with E-state index >= 15 is 0 Å². The van der Waals surface area contributed by atoms with Crippen LogP contribution in [0.4, 0.5) is 20.3 Å². The monoisotopic (exact) mass is 508 g/mol. The summed E-state index contributed by atoms with van der Waals surface area (Å²) in [5.41, 5.74) is 2.96. The minimum atomic E-state index is -3.32. The van der Waals surface area contributed by atoms with Gasteiger partial charge in [-0.1, -0.05) is 18.2 Å². The van der Waals surface area contributed by atoms with Crippen molar-refractivity contribution in [2.45, 2.75) is 63.8 Å². The molecule has 0 spiro atoms. The molecule has 3 fully saturated rings. The molecule has 1 N–H and O–H groups in total. The van der Waals surface area contributed by atoms with Gasteiger partial charge in [-0.15, -0.1) is 5.10 Å². The number of fused-ring (bicyclic) bond motifs is 2. The Morgan fingerprint density at radius 3 is 2.81 bits per heavy atom. The number of piperazine rings is 1. The van der Waals surface area contributed by atoms with Crippen LogP contribution >= 0.6 is 0 Å². The van der Waals surface area contributed by atoms with Gasteiger partial charge in [0.1, 0.15) is 0 Å². The SMILES string of the molecule is Cc1nnc(N[C@H](C)c2cccc(C(F)(F)OC3CC3)c2)c2cc(N3CCN4C(=O)CC[C@@H]4C3)cnc12. The number of pyridine rings is 1. The number of aromatic nitrogens is 3. The lowest BCUT2D eigenvalue weighted by Crippen LogP contribution is -2.51. The van der Waals surface area contributed by atoms with Crippen molar-refractivity contribution in [2.75, 3.05) is 29.9 Å². The first kappa shape index (κ1) is 24.0. The summed E-state index contributed by atoms with van der Waals surface area (Å²) in [5, 5.41) is 12.8. The second-order valence-corrected chi connectivity index (χ2v) is 10.3. The van der Waals surface area contributed by atoms with Crippen LogP contribution in [0.1, 0.15) is 55.5 Å². The lowest BCUT2D eigenvalue weighted by Gasteiger charge is -2.38. The van der Waals surface area contributed by atoms with Gasteiger partial charge in [0.05, 0.1) is 40.8 Å². The highest BCUT2D eigenvalue weighted by molar-refractivity contribution is 5.92. The van der Waals surface area contributed by atoms with Crippen LogP contribution in [0.2, 0.25) is 0 Å². The fourth-order valence-electron chi connectivity index (χ4n) is 5.27. The third-order valence-corrected chi connectivity index (χ3v) is 7.55. The quantitative estimate of drug-likeness (QED) is 0.502. The maximum absolute atomic E-state index is 14.6. The van der Waals surface area contributed by atoms with Crippen LogP contribution in [-0.4, -0.2) is 57.8 Å². The van der Waals surface area contributed by atoms with Crippen molar-refractivity contribution in [1.29, 1.82) is 0 Å². The van der Waals surface area contributed by atoms with Gasteiger partial charge < -0.3 is 19.9 Å². The molecule has 2 aliphatic heterocycles. The van der Waals surface area contributed by atoms with Crippen molar-refractivity contribution in [3.8, 4) is 0 Å². The highest BCUT2D eigenvalue weighted by Crippen LogP contribution is 2.38. The fraction of sp³-hybridized carbons (Fsp3) is 0.481. The van der Waals surface area contributed by atoms with E-state index in [0.29, 0.717) is 42.9 Å². The zero-order valence-electron chi connectivity index (χ0n) is 21.0. The Morgan fingerprint density at radius 1 is 1.16 bits per heavy atom. The Morgan fingerprint density at radius 2 is 2.00 bits per heavy atom. The molecule has 37 heavy (non-hydrogen) atoms. The average Bonchev–Trinajstić information content (AvgIpc) is 3.64. The number of benzene rings is 1. The van der Waals surface area contributed by atoms with Crippen molar-refractivity contribution in [3.05, 3.63) is 53.3 Å². The van der Waals surface area contributed by atoms with Crippen LogP contribution in [0.5, 0.6) is 0 Å². The van der Waals surface area contributed by atoms with Crippen LogP contribution in [-0.2, 0) is 15.6 Å². The molecular formula is C27H30F2N6O2. The second-order valence-electron chi connectivity index (χ2n) is 10.3. The van der Waals surface area contributed by atoms with Gasteiger partial charge in [0.2, 0.25) is 5.91 Å². The normalized spacial score (nSPS) is 20.9. The molecule has 2 atom stereocenters. The highest BCUT2D eigenvalue weighted by atomic mass is 19.3. The lowest BCUT2D eigenvalue weighted by molar-refractivity contribution is -0.255. The molecule has 8 nitrogen and oxygen atoms in total. The van der Waals surface area contributed by atoms with Gasteiger partial charge in [0.15, 0.2) is 5.82 Å². The van der Waals surface area contributed by atoms with Gasteiger partial charge in [0.25, 0.3) is 0 Å². The third-order valence-electron chi connectivity index (χ3n) is 7.55. The summed E-state index contributed by atoms with van der Waals surface area (Å²) in [7, 11) is 0. The standard InChI is InChI=1S/C27H30F2N6O2/c1-16(18-4-3-5-19(12-18)27(28,29)37-22-7-8-22)31-26-23-13-21(14-30-25(23)17(2)32-33-26)34-10-11-35-20(15-34)6-9-24(35)36/h3-5,12-14,16,20,22H,6-11,15H2,1-2H3,(H,31,33)/t16-,20-/m1/s1. The number of ether oxygens (including phenoxy) is 1. The van der Waals surface area contributed by atoms with E-state index in [2.05, 4.69) is 26.5 Å². The lowest BCUT2D eigenvalue weighted by atomic mass is 10.0. The van der Waals surface area contributed by atoms with E-state index in [9.17, 15) is 13.6 Å². The molecule has 2 aromatic heterocycles. The number of nitrogens with zero attached hydrogens (tertiary/aromatic N) is 5. The number of halogens is 2. The summed E-state index contributed by atoms with van der Waals surface area (Å²) in [6.07, 6.45) is 1.03. The smallest absolute Gasteiger partial charge is 0.366 e. The number of nitrogens with one attached hydrogen (secondary N) is 1. The number of hydrogen-bond donors (Lipinski definition) is 1. The van der Waals surface area contributed by atoms with Gasteiger partial charge in [0, 0.05) is 37.5 Å². The van der Waals surface area contributed by atoms with Crippen LogP contribution in [0.25, 0.3) is 10.9 Å². The number of carbonyl (C=O) groups is 1. The molecule has 3 aliphatic rings. The van der Waals surface area contributed by atoms with Gasteiger partial charge in [-0.2, -0.15) is 13.9 Å². The summed E-state index contributed by atoms with van der Waals surface area (Å²) in [6, 6.07) is 8.29. The summed E-state index contributed by atoms with van der Waals surface area (Å²) >= 11 is 0. The summed E-state index contributed by atoms with van der Waals surface area (Å²) in [5.74, 6) is 0.789. The molecule has 0 radical (unpaired) electrons. The van der Waals surface area contributed by atoms with Gasteiger partial charge in [-0.25, -0.2) is 0 Å². The number of anilines is 2. The fourth-order valence-corrected chi connectivity index (χ4v) is 5.27. The highest BCUT2D eigenvalue weighted by Gasteiger charge is 2.40. The number of hydrogen-bond acceptors (Lipinski definition) is 7. The van der Waals surface area contributed by atoms with Crippen LogP contribution in [0.3, 0.4) is 0 Å². The molecule has 1 saturated carbocycles. The van der Waals surface area contributed by atoms with Crippen LogP contribution in [0.15, 0.2) is 36.5 Å². The minimum absolute atomic E-state index is 0.154. The molecule has 0 unspecified atom stereocenters. The first-order chi connectivity index (χ1) is 17.8. The van der Waals surface area contributed by atoms with E-state index < -0.39 is 6.11 Å². The van der Waals surface area contributed by atoms with Crippen molar-refractivity contribution in [3.63, 3.8) is 0 Å². The average molecular weight is 509 g/mol. The largest absolute Gasteiger partial charge is 0.383 e. The summed E-state index contributed by atoms with van der Waals surface area (Å²) in [6.45, 7) is 6.00. The predicted molar refractivity (Wildman–Crippen MR) is 135 cm³/mol. The number of rotatable bonds is 7. The molecule has 3 aromatic rings. The molecule has 0 bridgehead atoms. The Bertz CT molecular complexity index is 1350. The van der Waals surface area contributed by atoms with E-state index in [-0.39, 0.29) is 29.7 Å². The number of aryl methyl sites for hydroxylation is 1. The van der Waals surface area contributed by atoms with Gasteiger partial charge in [-0.3, -0.25) is 9.78 Å².